The van der Waals surface area contributed by atoms with E-state index >= 15 is 0 Å². The molecule has 6 aromatic heterocycles. The molecule has 6 rings (SSSR count). The molecule has 0 fully saturated rings. The van der Waals surface area contributed by atoms with Crippen LogP contribution in [0.15, 0.2) is 61.2 Å². The quantitative estimate of drug-likeness (QED) is 0.433. The zero-order valence-electron chi connectivity index (χ0n) is 15.3. The lowest BCUT2D eigenvalue weighted by Gasteiger charge is -2.00. The summed E-state index contributed by atoms with van der Waals surface area (Å²) in [4.78, 5) is 21.9. The monoisotopic (exact) mass is 413 g/mol. The van der Waals surface area contributed by atoms with Gasteiger partial charge in [-0.2, -0.15) is 9.49 Å². The first-order chi connectivity index (χ1) is 14.8. The maximum atomic E-state index is 13.5. The van der Waals surface area contributed by atoms with E-state index in [-0.39, 0.29) is 5.13 Å². The fourth-order valence-corrected chi connectivity index (χ4v) is 4.18. The zero-order chi connectivity index (χ0) is 20.1. The van der Waals surface area contributed by atoms with Gasteiger partial charge in [0, 0.05) is 28.2 Å². The summed E-state index contributed by atoms with van der Waals surface area (Å²) in [7, 11) is 0. The highest BCUT2D eigenvalue weighted by Crippen LogP contribution is 2.34. The minimum atomic E-state index is -0.245. The van der Waals surface area contributed by atoms with Crippen molar-refractivity contribution in [2.24, 2.45) is 0 Å². The summed E-state index contributed by atoms with van der Waals surface area (Å²) < 4.78 is 13.5. The van der Waals surface area contributed by atoms with Gasteiger partial charge in [-0.15, -0.1) is 11.3 Å². The minimum absolute atomic E-state index is 0.245. The Kier molecular flexibility index (Phi) is 3.68. The number of hydrogen-bond acceptors (Lipinski definition) is 6. The van der Waals surface area contributed by atoms with E-state index < -0.39 is 0 Å². The van der Waals surface area contributed by atoms with Crippen molar-refractivity contribution in [2.45, 2.75) is 0 Å². The summed E-state index contributed by atoms with van der Waals surface area (Å²) in [6.07, 6.45) is 6.87. The maximum absolute atomic E-state index is 13.5. The van der Waals surface area contributed by atoms with E-state index in [9.17, 15) is 4.39 Å². The van der Waals surface area contributed by atoms with Crippen LogP contribution >= 0.6 is 11.3 Å². The van der Waals surface area contributed by atoms with Crippen molar-refractivity contribution in [1.29, 1.82) is 0 Å². The summed E-state index contributed by atoms with van der Waals surface area (Å²) in [5.74, 6) is 0.598. The highest BCUT2D eigenvalue weighted by Gasteiger charge is 2.17. The van der Waals surface area contributed by atoms with Crippen molar-refractivity contribution in [1.82, 2.24) is 35.1 Å². The highest BCUT2D eigenvalue weighted by atomic mass is 32.1. The van der Waals surface area contributed by atoms with Crippen molar-refractivity contribution in [3.05, 3.63) is 66.3 Å². The lowest BCUT2D eigenvalue weighted by atomic mass is 10.1. The van der Waals surface area contributed by atoms with Gasteiger partial charge in [-0.3, -0.25) is 20.1 Å². The molecule has 9 heteroatoms. The topological polar surface area (TPSA) is 96.0 Å². The van der Waals surface area contributed by atoms with Crippen LogP contribution in [0.25, 0.3) is 55.3 Å². The van der Waals surface area contributed by atoms with Gasteiger partial charge in [-0.05, 0) is 30.3 Å². The molecule has 0 saturated carbocycles. The molecule has 0 bridgehead atoms. The second-order valence-corrected chi connectivity index (χ2v) is 7.71. The summed E-state index contributed by atoms with van der Waals surface area (Å²) in [6, 6.07) is 10.8. The fraction of sp³-hybridized carbons (Fsp3) is 0. The Bertz CT molecular complexity index is 1520. The van der Waals surface area contributed by atoms with E-state index in [1.807, 2.05) is 24.3 Å². The van der Waals surface area contributed by atoms with Crippen LogP contribution in [0.1, 0.15) is 0 Å². The van der Waals surface area contributed by atoms with Crippen LogP contribution in [0.2, 0.25) is 0 Å². The molecule has 6 heterocycles. The molecule has 2 N–H and O–H groups in total. The van der Waals surface area contributed by atoms with E-state index in [4.69, 9.17) is 4.98 Å². The fourth-order valence-electron chi connectivity index (χ4n) is 3.44. The molecule has 0 amide bonds. The zero-order valence-corrected chi connectivity index (χ0v) is 16.1. The number of fused-ring (bicyclic) bond motifs is 2. The Labute approximate surface area is 172 Å². The minimum Gasteiger partial charge on any atom is -0.335 e. The average molecular weight is 413 g/mol. The van der Waals surface area contributed by atoms with Crippen molar-refractivity contribution >= 4 is 33.3 Å². The Morgan fingerprint density at radius 2 is 1.90 bits per heavy atom. The number of H-pyrrole nitrogens is 2. The molecule has 0 aliphatic heterocycles. The van der Waals surface area contributed by atoms with Crippen LogP contribution in [0.3, 0.4) is 0 Å². The molecule has 0 unspecified atom stereocenters. The molecule has 7 nitrogen and oxygen atoms in total. The average Bonchev–Trinajstić information content (AvgIpc) is 3.51. The number of imidazole rings is 1. The van der Waals surface area contributed by atoms with Crippen LogP contribution < -0.4 is 0 Å². The van der Waals surface area contributed by atoms with E-state index in [1.54, 1.807) is 30.9 Å². The van der Waals surface area contributed by atoms with Crippen molar-refractivity contribution in [3.8, 4) is 33.3 Å². The predicted molar refractivity (Wildman–Crippen MR) is 113 cm³/mol. The molecule has 0 saturated heterocycles. The van der Waals surface area contributed by atoms with Gasteiger partial charge in [0.15, 0.2) is 11.0 Å². The molecule has 0 aliphatic rings. The van der Waals surface area contributed by atoms with Crippen molar-refractivity contribution < 1.29 is 4.39 Å². The number of aromatic amines is 2. The predicted octanol–water partition coefficient (Wildman–Crippen LogP) is 4.83. The van der Waals surface area contributed by atoms with Crippen LogP contribution in [0.5, 0.6) is 0 Å². The first kappa shape index (κ1) is 16.9. The maximum Gasteiger partial charge on any atom is 0.176 e. The lowest BCUT2D eigenvalue weighted by Crippen LogP contribution is -1.87. The number of nitrogens with zero attached hydrogens (tertiary/aromatic N) is 5. The molecule has 0 atom stereocenters. The van der Waals surface area contributed by atoms with Crippen LogP contribution in [-0.4, -0.2) is 35.1 Å². The summed E-state index contributed by atoms with van der Waals surface area (Å²) in [5.41, 5.74) is 5.25. The lowest BCUT2D eigenvalue weighted by molar-refractivity contribution is 0.657. The molecule has 6 aromatic rings. The van der Waals surface area contributed by atoms with Gasteiger partial charge >= 0.3 is 0 Å². The number of halogens is 1. The van der Waals surface area contributed by atoms with Crippen molar-refractivity contribution in [2.75, 3.05) is 0 Å². The number of thiophene rings is 1. The second-order valence-electron chi connectivity index (χ2n) is 6.67. The number of aromatic nitrogens is 7. The highest BCUT2D eigenvalue weighted by molar-refractivity contribution is 7.14. The van der Waals surface area contributed by atoms with Crippen LogP contribution in [-0.2, 0) is 0 Å². The molecule has 144 valence electrons. The molecule has 0 aromatic carbocycles. The van der Waals surface area contributed by atoms with Gasteiger partial charge in [-0.25, -0.2) is 4.98 Å². The van der Waals surface area contributed by atoms with E-state index in [0.29, 0.717) is 11.5 Å². The normalized spacial score (nSPS) is 11.5. The standard InChI is InChI=1S/C21H12FN7S/c22-18-5-4-17(30-18)12-8-23-9-16-19(12)27-21(26-16)20-11-7-14(13-3-1-2-6-24-13)25-10-15(11)28-29-20/h1-10H,(H,26,27)(H,28,29). The third kappa shape index (κ3) is 2.67. The molecule has 0 radical (unpaired) electrons. The third-order valence-corrected chi connectivity index (χ3v) is 5.74. The number of pyridine rings is 3. The Balaban J connectivity index is 1.52. The first-order valence-electron chi connectivity index (χ1n) is 9.11. The third-order valence-electron chi connectivity index (χ3n) is 4.83. The molecule has 0 spiro atoms. The van der Waals surface area contributed by atoms with Crippen LogP contribution in [0.4, 0.5) is 4.39 Å². The van der Waals surface area contributed by atoms with Crippen molar-refractivity contribution in [3.63, 3.8) is 0 Å². The Hall–Kier alpha value is -3.98. The molecule has 30 heavy (non-hydrogen) atoms. The number of hydrogen-bond donors (Lipinski definition) is 2. The molecular formula is C21H12FN7S. The van der Waals surface area contributed by atoms with E-state index in [2.05, 4.69) is 30.1 Å². The largest absolute Gasteiger partial charge is 0.335 e. The van der Waals surface area contributed by atoms with Gasteiger partial charge in [0.2, 0.25) is 0 Å². The Morgan fingerprint density at radius 1 is 0.933 bits per heavy atom. The van der Waals surface area contributed by atoms with Gasteiger partial charge in [0.05, 0.1) is 34.8 Å². The van der Waals surface area contributed by atoms with E-state index in [1.165, 1.54) is 6.07 Å². The Morgan fingerprint density at radius 3 is 2.73 bits per heavy atom. The SMILES string of the molecule is Fc1ccc(-c2cncc3[nH]c(-c4n[nH]c5cnc(-c6ccccn6)cc45)nc23)s1. The number of rotatable bonds is 3. The number of nitrogens with one attached hydrogen (secondary N) is 2. The van der Waals surface area contributed by atoms with Gasteiger partial charge in [0.25, 0.3) is 0 Å². The van der Waals surface area contributed by atoms with Gasteiger partial charge in [-0.1, -0.05) is 6.07 Å². The second kappa shape index (κ2) is 6.53. The molecule has 0 aliphatic carbocycles. The van der Waals surface area contributed by atoms with Gasteiger partial charge in [0.1, 0.15) is 11.2 Å². The van der Waals surface area contributed by atoms with Gasteiger partial charge < -0.3 is 4.98 Å². The smallest absolute Gasteiger partial charge is 0.176 e. The first-order valence-corrected chi connectivity index (χ1v) is 9.93. The molecular weight excluding hydrogens is 401 g/mol. The summed E-state index contributed by atoms with van der Waals surface area (Å²) in [5, 5.41) is 8.08. The van der Waals surface area contributed by atoms with Crippen LogP contribution in [0, 0.1) is 5.13 Å². The van der Waals surface area contributed by atoms with E-state index in [0.717, 1.165) is 55.1 Å². The summed E-state index contributed by atoms with van der Waals surface area (Å²) >= 11 is 1.07. The summed E-state index contributed by atoms with van der Waals surface area (Å²) in [6.45, 7) is 0.